The lowest BCUT2D eigenvalue weighted by molar-refractivity contribution is -0.124. The van der Waals surface area contributed by atoms with Crippen LogP contribution in [0.1, 0.15) is 44.9 Å². The van der Waals surface area contributed by atoms with Crippen molar-refractivity contribution in [2.24, 2.45) is 5.92 Å². The van der Waals surface area contributed by atoms with Crippen molar-refractivity contribution >= 4 is 11.8 Å². The maximum atomic E-state index is 11.5. The van der Waals surface area contributed by atoms with Crippen LogP contribution in [0.5, 0.6) is 0 Å². The highest BCUT2D eigenvalue weighted by molar-refractivity contribution is 6.16. The van der Waals surface area contributed by atoms with Gasteiger partial charge in [-0.2, -0.15) is 0 Å². The van der Waals surface area contributed by atoms with E-state index in [1.54, 1.807) is 0 Å². The van der Waals surface area contributed by atoms with E-state index < -0.39 is 0 Å². The zero-order chi connectivity index (χ0) is 10.7. The van der Waals surface area contributed by atoms with Crippen LogP contribution in [0.4, 0.5) is 0 Å². The molecular formula is C12H17NO2. The number of amides is 2. The molecule has 0 bridgehead atoms. The molecule has 3 nitrogen and oxygen atoms in total. The fourth-order valence-corrected chi connectivity index (χ4v) is 2.50. The molecule has 1 fully saturated rings. The van der Waals surface area contributed by atoms with Gasteiger partial charge in [0.05, 0.1) is 0 Å². The summed E-state index contributed by atoms with van der Waals surface area (Å²) in [7, 11) is 0. The summed E-state index contributed by atoms with van der Waals surface area (Å²) in [5, 5.41) is 2.33. The van der Waals surface area contributed by atoms with Gasteiger partial charge >= 0.3 is 0 Å². The first-order valence-electron chi connectivity index (χ1n) is 5.84. The SMILES string of the molecule is O=C1C=C(C2CCCCCCC2)C(=O)N1. The fraction of sp³-hybridized carbons (Fsp3) is 0.667. The van der Waals surface area contributed by atoms with E-state index in [9.17, 15) is 9.59 Å². The molecule has 2 amide bonds. The first-order chi connectivity index (χ1) is 7.27. The minimum atomic E-state index is -0.239. The Labute approximate surface area is 89.9 Å². The zero-order valence-electron chi connectivity index (χ0n) is 8.92. The highest BCUT2D eigenvalue weighted by atomic mass is 16.2. The van der Waals surface area contributed by atoms with Crippen molar-refractivity contribution in [3.8, 4) is 0 Å². The van der Waals surface area contributed by atoms with Gasteiger partial charge in [-0.25, -0.2) is 0 Å². The quantitative estimate of drug-likeness (QED) is 0.668. The predicted octanol–water partition coefficient (Wildman–Crippen LogP) is 1.93. The van der Waals surface area contributed by atoms with Crippen LogP contribution < -0.4 is 5.32 Å². The van der Waals surface area contributed by atoms with Crippen molar-refractivity contribution in [2.45, 2.75) is 44.9 Å². The molecule has 0 radical (unpaired) electrons. The summed E-state index contributed by atoms with van der Waals surface area (Å²) >= 11 is 0. The van der Waals surface area contributed by atoms with Crippen molar-refractivity contribution in [2.75, 3.05) is 0 Å². The van der Waals surface area contributed by atoms with Gasteiger partial charge in [0.15, 0.2) is 0 Å². The molecule has 15 heavy (non-hydrogen) atoms. The van der Waals surface area contributed by atoms with E-state index in [-0.39, 0.29) is 11.8 Å². The summed E-state index contributed by atoms with van der Waals surface area (Å²) in [6.07, 6.45) is 9.83. The molecule has 2 aliphatic rings. The molecule has 3 heteroatoms. The maximum absolute atomic E-state index is 11.5. The first-order valence-corrected chi connectivity index (χ1v) is 5.84. The summed E-state index contributed by atoms with van der Waals surface area (Å²) < 4.78 is 0. The number of hydrogen-bond donors (Lipinski definition) is 1. The Morgan fingerprint density at radius 3 is 2.13 bits per heavy atom. The first kappa shape index (κ1) is 10.4. The van der Waals surface area contributed by atoms with Crippen LogP contribution in [0.3, 0.4) is 0 Å². The van der Waals surface area contributed by atoms with Crippen molar-refractivity contribution in [1.82, 2.24) is 5.32 Å². The van der Waals surface area contributed by atoms with Gasteiger partial charge < -0.3 is 0 Å². The number of nitrogens with one attached hydrogen (secondary N) is 1. The van der Waals surface area contributed by atoms with Crippen LogP contribution in [-0.4, -0.2) is 11.8 Å². The standard InChI is InChI=1S/C12H17NO2/c14-11-8-10(12(15)13-11)9-6-4-2-1-3-5-7-9/h8-9H,1-7H2,(H,13,14,15). The average Bonchev–Trinajstić information content (AvgIpc) is 2.45. The maximum Gasteiger partial charge on any atom is 0.254 e. The molecule has 1 N–H and O–H groups in total. The van der Waals surface area contributed by atoms with E-state index in [1.807, 2.05) is 0 Å². The molecule has 2 rings (SSSR count). The normalized spacial score (nSPS) is 24.4. The third kappa shape index (κ3) is 2.46. The van der Waals surface area contributed by atoms with Gasteiger partial charge in [-0.05, 0) is 18.8 Å². The molecule has 1 heterocycles. The molecule has 1 aliphatic heterocycles. The lowest BCUT2D eigenvalue weighted by Gasteiger charge is -2.19. The van der Waals surface area contributed by atoms with Crippen molar-refractivity contribution in [3.05, 3.63) is 11.6 Å². The monoisotopic (exact) mass is 207 g/mol. The van der Waals surface area contributed by atoms with Gasteiger partial charge in [-0.3, -0.25) is 14.9 Å². The van der Waals surface area contributed by atoms with Crippen LogP contribution in [0, 0.1) is 5.92 Å². The number of carbonyl (C=O) groups excluding carboxylic acids is 2. The smallest absolute Gasteiger partial charge is 0.254 e. The third-order valence-electron chi connectivity index (χ3n) is 3.33. The molecule has 0 saturated heterocycles. The van der Waals surface area contributed by atoms with E-state index in [1.165, 1.54) is 38.2 Å². The summed E-state index contributed by atoms with van der Waals surface area (Å²) in [4.78, 5) is 22.5. The van der Waals surface area contributed by atoms with E-state index in [0.717, 1.165) is 18.4 Å². The van der Waals surface area contributed by atoms with Crippen molar-refractivity contribution in [1.29, 1.82) is 0 Å². The predicted molar refractivity (Wildman–Crippen MR) is 57.0 cm³/mol. The second kappa shape index (κ2) is 4.60. The summed E-state index contributed by atoms with van der Waals surface area (Å²) in [5.41, 5.74) is 0.724. The Balaban J connectivity index is 2.04. The molecule has 0 aromatic heterocycles. The highest BCUT2D eigenvalue weighted by Crippen LogP contribution is 2.29. The van der Waals surface area contributed by atoms with Crippen LogP contribution in [0.25, 0.3) is 0 Å². The Morgan fingerprint density at radius 1 is 1.00 bits per heavy atom. The fourth-order valence-electron chi connectivity index (χ4n) is 2.50. The number of imide groups is 1. The van der Waals surface area contributed by atoms with Crippen LogP contribution >= 0.6 is 0 Å². The van der Waals surface area contributed by atoms with Crippen LogP contribution in [0.2, 0.25) is 0 Å². The number of carbonyl (C=O) groups is 2. The third-order valence-corrected chi connectivity index (χ3v) is 3.33. The zero-order valence-corrected chi connectivity index (χ0v) is 8.92. The van der Waals surface area contributed by atoms with Gasteiger partial charge in [-0.1, -0.05) is 32.1 Å². The summed E-state index contributed by atoms with van der Waals surface area (Å²) in [6, 6.07) is 0. The summed E-state index contributed by atoms with van der Waals surface area (Å²) in [6.45, 7) is 0. The Bertz CT molecular complexity index is 299. The highest BCUT2D eigenvalue weighted by Gasteiger charge is 2.27. The average molecular weight is 207 g/mol. The molecule has 0 spiro atoms. The van der Waals surface area contributed by atoms with Gasteiger partial charge in [0.1, 0.15) is 0 Å². The lowest BCUT2D eigenvalue weighted by atomic mass is 9.86. The molecule has 1 aliphatic carbocycles. The minimum Gasteiger partial charge on any atom is -0.289 e. The number of hydrogen-bond acceptors (Lipinski definition) is 2. The molecule has 0 unspecified atom stereocenters. The Hall–Kier alpha value is -1.12. The van der Waals surface area contributed by atoms with Gasteiger partial charge in [0.2, 0.25) is 0 Å². The molecule has 0 aromatic carbocycles. The van der Waals surface area contributed by atoms with Crippen molar-refractivity contribution in [3.63, 3.8) is 0 Å². The summed E-state index contributed by atoms with van der Waals surface area (Å²) in [5.74, 6) is -0.0839. The van der Waals surface area contributed by atoms with E-state index in [0.29, 0.717) is 5.92 Å². The minimum absolute atomic E-state index is 0.162. The molecular weight excluding hydrogens is 190 g/mol. The lowest BCUT2D eigenvalue weighted by Crippen LogP contribution is -2.24. The van der Waals surface area contributed by atoms with Gasteiger partial charge in [0.25, 0.3) is 11.8 Å². The molecule has 0 atom stereocenters. The van der Waals surface area contributed by atoms with E-state index in [4.69, 9.17) is 0 Å². The van der Waals surface area contributed by atoms with Crippen LogP contribution in [0.15, 0.2) is 11.6 Å². The Morgan fingerprint density at radius 2 is 1.60 bits per heavy atom. The van der Waals surface area contributed by atoms with Crippen LogP contribution in [-0.2, 0) is 9.59 Å². The van der Waals surface area contributed by atoms with Gasteiger partial charge in [0, 0.05) is 11.6 Å². The van der Waals surface area contributed by atoms with E-state index >= 15 is 0 Å². The van der Waals surface area contributed by atoms with Gasteiger partial charge in [-0.15, -0.1) is 0 Å². The van der Waals surface area contributed by atoms with E-state index in [2.05, 4.69) is 5.32 Å². The topological polar surface area (TPSA) is 46.2 Å². The largest absolute Gasteiger partial charge is 0.289 e. The van der Waals surface area contributed by atoms with Crippen molar-refractivity contribution < 1.29 is 9.59 Å². The second-order valence-electron chi connectivity index (χ2n) is 4.46. The number of rotatable bonds is 1. The Kier molecular flexibility index (Phi) is 3.19. The molecule has 1 saturated carbocycles. The molecule has 82 valence electrons. The second-order valence-corrected chi connectivity index (χ2v) is 4.46. The molecule has 0 aromatic rings.